The van der Waals surface area contributed by atoms with Crippen LogP contribution in [0.4, 0.5) is 0 Å². The topological polar surface area (TPSA) is 76.1 Å². The predicted molar refractivity (Wildman–Crippen MR) is 96.3 cm³/mol. The van der Waals surface area contributed by atoms with Gasteiger partial charge in [0.25, 0.3) is 0 Å². The molecule has 0 aliphatic carbocycles. The first-order valence-corrected chi connectivity index (χ1v) is 9.45. The minimum Gasteiger partial charge on any atom is -0.478 e. The van der Waals surface area contributed by atoms with Crippen LogP contribution in [0.2, 0.25) is 0 Å². The van der Waals surface area contributed by atoms with Gasteiger partial charge >= 0.3 is 5.97 Å². The lowest BCUT2D eigenvalue weighted by molar-refractivity contribution is -0.134. The molecule has 1 aromatic rings. The summed E-state index contributed by atoms with van der Waals surface area (Å²) in [4.78, 5) is 25.6. The molecule has 2 saturated heterocycles. The molecular weight excluding hydrogens is 334 g/mol. The molecule has 0 bridgehead atoms. The van der Waals surface area contributed by atoms with Gasteiger partial charge in [0.1, 0.15) is 0 Å². The highest BCUT2D eigenvalue weighted by Gasteiger charge is 2.25. The molecular formula is C20H27NO5. The Morgan fingerprint density at radius 3 is 2.62 bits per heavy atom. The summed E-state index contributed by atoms with van der Waals surface area (Å²) < 4.78 is 11.7. The lowest BCUT2D eigenvalue weighted by Crippen LogP contribution is -2.42. The van der Waals surface area contributed by atoms with Gasteiger partial charge in [-0.3, -0.25) is 4.79 Å². The third-order valence-corrected chi connectivity index (χ3v) is 5.18. The second-order valence-electron chi connectivity index (χ2n) is 7.04. The van der Waals surface area contributed by atoms with Crippen molar-refractivity contribution in [3.05, 3.63) is 35.4 Å². The Morgan fingerprint density at radius 2 is 1.92 bits per heavy atom. The number of carboxylic acids is 1. The Balaban J connectivity index is 1.44. The highest BCUT2D eigenvalue weighted by Crippen LogP contribution is 2.19. The van der Waals surface area contributed by atoms with Crippen LogP contribution in [0.5, 0.6) is 0 Å². The molecule has 0 saturated carbocycles. The van der Waals surface area contributed by atoms with Gasteiger partial charge in [0.2, 0.25) is 5.91 Å². The van der Waals surface area contributed by atoms with Gasteiger partial charge in [0.05, 0.1) is 30.8 Å². The fourth-order valence-electron chi connectivity index (χ4n) is 3.61. The zero-order valence-corrected chi connectivity index (χ0v) is 15.1. The fraction of sp³-hybridized carbons (Fsp3) is 0.600. The lowest BCUT2D eigenvalue weighted by atomic mass is 10.0. The number of carbonyl (C=O) groups is 2. The molecule has 6 nitrogen and oxygen atoms in total. The van der Waals surface area contributed by atoms with Gasteiger partial charge in [-0.05, 0) is 43.7 Å². The summed E-state index contributed by atoms with van der Waals surface area (Å²) in [7, 11) is 0. The van der Waals surface area contributed by atoms with Crippen molar-refractivity contribution in [3.8, 4) is 0 Å². The standard InChI is InChI=1S/C20H27NO5/c22-19(13-15-5-1-2-7-18(15)20(23)24)21-10-8-16(9-11-21)26-14-17-6-3-4-12-25-17/h1-2,5,7,16-17H,3-4,6,8-14H2,(H,23,24). The molecule has 26 heavy (non-hydrogen) atoms. The smallest absolute Gasteiger partial charge is 0.335 e. The van der Waals surface area contributed by atoms with Crippen molar-refractivity contribution < 1.29 is 24.2 Å². The molecule has 2 aliphatic heterocycles. The highest BCUT2D eigenvalue weighted by atomic mass is 16.5. The predicted octanol–water partition coefficient (Wildman–Crippen LogP) is 2.50. The van der Waals surface area contributed by atoms with Crippen molar-refractivity contribution in [2.45, 2.75) is 50.7 Å². The van der Waals surface area contributed by atoms with E-state index in [9.17, 15) is 14.7 Å². The van der Waals surface area contributed by atoms with E-state index < -0.39 is 5.97 Å². The molecule has 1 atom stereocenters. The minimum absolute atomic E-state index is 0.0206. The Kier molecular flexibility index (Phi) is 6.63. The maximum absolute atomic E-state index is 12.5. The SMILES string of the molecule is O=C(O)c1ccccc1CC(=O)N1CCC(OCC2CCCCO2)CC1. The van der Waals surface area contributed by atoms with Crippen LogP contribution in [0, 0.1) is 0 Å². The van der Waals surface area contributed by atoms with Crippen molar-refractivity contribution in [1.29, 1.82) is 0 Å². The van der Waals surface area contributed by atoms with E-state index in [2.05, 4.69) is 0 Å². The van der Waals surface area contributed by atoms with Crippen molar-refractivity contribution >= 4 is 11.9 Å². The molecule has 2 fully saturated rings. The van der Waals surface area contributed by atoms with Crippen LogP contribution in [-0.4, -0.2) is 60.4 Å². The van der Waals surface area contributed by atoms with E-state index >= 15 is 0 Å². The molecule has 3 rings (SSSR count). The molecule has 2 aliphatic rings. The number of rotatable bonds is 6. The molecule has 1 N–H and O–H groups in total. The summed E-state index contributed by atoms with van der Waals surface area (Å²) in [5.41, 5.74) is 0.768. The maximum atomic E-state index is 12.5. The molecule has 0 radical (unpaired) electrons. The normalized spacial score (nSPS) is 21.5. The molecule has 1 aromatic carbocycles. The molecule has 6 heteroatoms. The quantitative estimate of drug-likeness (QED) is 0.842. The van der Waals surface area contributed by atoms with E-state index in [1.807, 2.05) is 4.90 Å². The van der Waals surface area contributed by atoms with Crippen molar-refractivity contribution in [2.24, 2.45) is 0 Å². The molecule has 1 amide bonds. The third-order valence-electron chi connectivity index (χ3n) is 5.18. The number of benzene rings is 1. The van der Waals surface area contributed by atoms with Crippen LogP contribution < -0.4 is 0 Å². The molecule has 2 heterocycles. The molecule has 0 spiro atoms. The number of hydrogen-bond donors (Lipinski definition) is 1. The first-order valence-electron chi connectivity index (χ1n) is 9.45. The number of aromatic carboxylic acids is 1. The van der Waals surface area contributed by atoms with Gasteiger partial charge in [0.15, 0.2) is 0 Å². The number of carboxylic acid groups (broad SMARTS) is 1. The average Bonchev–Trinajstić information content (AvgIpc) is 2.68. The molecule has 142 valence electrons. The van der Waals surface area contributed by atoms with Crippen LogP contribution in [0.3, 0.4) is 0 Å². The van der Waals surface area contributed by atoms with Crippen LogP contribution in [0.15, 0.2) is 24.3 Å². The lowest BCUT2D eigenvalue weighted by Gasteiger charge is -2.33. The number of hydrogen-bond acceptors (Lipinski definition) is 4. The van der Waals surface area contributed by atoms with Crippen LogP contribution >= 0.6 is 0 Å². The summed E-state index contributed by atoms with van der Waals surface area (Å²) in [6.07, 6.45) is 5.58. The fourth-order valence-corrected chi connectivity index (χ4v) is 3.61. The van der Waals surface area contributed by atoms with E-state index in [0.29, 0.717) is 25.3 Å². The highest BCUT2D eigenvalue weighted by molar-refractivity contribution is 5.91. The van der Waals surface area contributed by atoms with Gasteiger partial charge in [-0.15, -0.1) is 0 Å². The number of amides is 1. The maximum Gasteiger partial charge on any atom is 0.335 e. The van der Waals surface area contributed by atoms with Gasteiger partial charge in [-0.25, -0.2) is 4.79 Å². The zero-order chi connectivity index (χ0) is 18.4. The van der Waals surface area contributed by atoms with Gasteiger partial charge in [-0.2, -0.15) is 0 Å². The van der Waals surface area contributed by atoms with E-state index in [0.717, 1.165) is 32.3 Å². The van der Waals surface area contributed by atoms with Crippen molar-refractivity contribution in [3.63, 3.8) is 0 Å². The second kappa shape index (κ2) is 9.14. The third kappa shape index (κ3) is 5.05. The van der Waals surface area contributed by atoms with Crippen LogP contribution in [-0.2, 0) is 20.7 Å². The Hall–Kier alpha value is -1.92. The summed E-state index contributed by atoms with van der Waals surface area (Å²) in [5.74, 6) is -1.02. The monoisotopic (exact) mass is 361 g/mol. The van der Waals surface area contributed by atoms with Gasteiger partial charge < -0.3 is 19.5 Å². The summed E-state index contributed by atoms with van der Waals surface area (Å²) in [5, 5.41) is 9.24. The number of piperidine rings is 1. The molecule has 1 unspecified atom stereocenters. The van der Waals surface area contributed by atoms with E-state index in [1.54, 1.807) is 24.3 Å². The average molecular weight is 361 g/mol. The Labute approximate surface area is 154 Å². The van der Waals surface area contributed by atoms with Crippen molar-refractivity contribution in [1.82, 2.24) is 4.90 Å². The second-order valence-corrected chi connectivity index (χ2v) is 7.04. The van der Waals surface area contributed by atoms with E-state index in [4.69, 9.17) is 9.47 Å². The number of nitrogens with zero attached hydrogens (tertiary/aromatic N) is 1. The first kappa shape index (κ1) is 18.9. The summed E-state index contributed by atoms with van der Waals surface area (Å²) >= 11 is 0. The largest absolute Gasteiger partial charge is 0.478 e. The summed E-state index contributed by atoms with van der Waals surface area (Å²) in [6.45, 7) is 2.79. The van der Waals surface area contributed by atoms with Crippen LogP contribution in [0.1, 0.15) is 48.0 Å². The first-order chi connectivity index (χ1) is 12.6. The number of ether oxygens (including phenoxy) is 2. The van der Waals surface area contributed by atoms with E-state index in [-0.39, 0.29) is 30.1 Å². The van der Waals surface area contributed by atoms with E-state index in [1.165, 1.54) is 6.42 Å². The zero-order valence-electron chi connectivity index (χ0n) is 15.1. The Bertz CT molecular complexity index is 618. The number of likely N-dealkylation sites (tertiary alicyclic amines) is 1. The number of carbonyl (C=O) groups excluding carboxylic acids is 1. The van der Waals surface area contributed by atoms with Gasteiger partial charge in [-0.1, -0.05) is 18.2 Å². The van der Waals surface area contributed by atoms with Gasteiger partial charge in [0, 0.05) is 19.7 Å². The van der Waals surface area contributed by atoms with Crippen molar-refractivity contribution in [2.75, 3.05) is 26.3 Å². The molecule has 0 aromatic heterocycles. The summed E-state index contributed by atoms with van der Waals surface area (Å²) in [6, 6.07) is 6.69. The minimum atomic E-state index is -0.995. The Morgan fingerprint density at radius 1 is 1.15 bits per heavy atom. The van der Waals surface area contributed by atoms with Crippen LogP contribution in [0.25, 0.3) is 0 Å².